The lowest BCUT2D eigenvalue weighted by Crippen LogP contribution is -1.92. The second-order valence-corrected chi connectivity index (χ2v) is 4.33. The maximum Gasteiger partial charge on any atom is 0.133 e. The summed E-state index contributed by atoms with van der Waals surface area (Å²) in [6.07, 6.45) is 0. The van der Waals surface area contributed by atoms with Gasteiger partial charge in [0.15, 0.2) is 0 Å². The van der Waals surface area contributed by atoms with Crippen LogP contribution >= 0.6 is 15.9 Å². The lowest BCUT2D eigenvalue weighted by Gasteiger charge is -2.06. The molecule has 0 unspecified atom stereocenters. The molecule has 0 bridgehead atoms. The van der Waals surface area contributed by atoms with Crippen molar-refractivity contribution in [2.45, 2.75) is 0 Å². The van der Waals surface area contributed by atoms with Gasteiger partial charge in [0.2, 0.25) is 0 Å². The average Bonchev–Trinajstić information content (AvgIpc) is 2.25. The lowest BCUT2D eigenvalue weighted by molar-refractivity contribution is 0.632. The summed E-state index contributed by atoms with van der Waals surface area (Å²) in [7, 11) is 0. The van der Waals surface area contributed by atoms with Crippen molar-refractivity contribution in [1.82, 2.24) is 0 Å². The molecule has 2 aromatic carbocycles. The second kappa shape index (κ2) is 4.14. The molecule has 0 aliphatic carbocycles. The summed E-state index contributed by atoms with van der Waals surface area (Å²) in [5, 5.41) is 0. The number of halogens is 2. The Morgan fingerprint density at radius 3 is 2.25 bits per heavy atom. The minimum Gasteiger partial charge on any atom is -0.399 e. The van der Waals surface area contributed by atoms with E-state index in [-0.39, 0.29) is 5.82 Å². The standard InChI is InChI=1S/C12H10BrFN2/c13-10-5-9(11(14)6-12(10)16)7-1-3-8(15)4-2-7/h1-6H,15-16H2. The van der Waals surface area contributed by atoms with E-state index in [0.29, 0.717) is 21.4 Å². The third-order valence-corrected chi connectivity index (χ3v) is 2.99. The molecule has 0 atom stereocenters. The average molecular weight is 281 g/mol. The Labute approximate surface area is 101 Å². The van der Waals surface area contributed by atoms with Crippen molar-refractivity contribution in [3.05, 3.63) is 46.7 Å². The van der Waals surface area contributed by atoms with Crippen molar-refractivity contribution in [3.8, 4) is 11.1 Å². The van der Waals surface area contributed by atoms with Crippen LogP contribution in [0.1, 0.15) is 0 Å². The Morgan fingerprint density at radius 1 is 1.00 bits per heavy atom. The third kappa shape index (κ3) is 2.02. The first-order valence-corrected chi connectivity index (χ1v) is 5.47. The lowest BCUT2D eigenvalue weighted by atomic mass is 10.0. The minimum atomic E-state index is -0.342. The van der Waals surface area contributed by atoms with E-state index in [1.807, 2.05) is 0 Å². The van der Waals surface area contributed by atoms with Crippen LogP contribution in [0.4, 0.5) is 15.8 Å². The van der Waals surface area contributed by atoms with Gasteiger partial charge in [-0.2, -0.15) is 0 Å². The molecule has 4 heteroatoms. The van der Waals surface area contributed by atoms with Gasteiger partial charge in [0.1, 0.15) is 5.82 Å². The molecule has 2 aromatic rings. The third-order valence-electron chi connectivity index (χ3n) is 2.31. The fourth-order valence-electron chi connectivity index (χ4n) is 1.45. The molecule has 0 spiro atoms. The van der Waals surface area contributed by atoms with Gasteiger partial charge in [-0.05, 0) is 45.8 Å². The molecule has 0 saturated heterocycles. The van der Waals surface area contributed by atoms with Crippen molar-refractivity contribution < 1.29 is 4.39 Å². The van der Waals surface area contributed by atoms with Gasteiger partial charge in [-0.15, -0.1) is 0 Å². The minimum absolute atomic E-state index is 0.342. The fraction of sp³-hybridized carbons (Fsp3) is 0. The Morgan fingerprint density at radius 2 is 1.62 bits per heavy atom. The van der Waals surface area contributed by atoms with E-state index in [1.54, 1.807) is 30.3 Å². The van der Waals surface area contributed by atoms with Gasteiger partial charge in [0.05, 0.1) is 0 Å². The molecule has 0 radical (unpaired) electrons. The van der Waals surface area contributed by atoms with Gasteiger partial charge >= 0.3 is 0 Å². The molecule has 0 saturated carbocycles. The fourth-order valence-corrected chi connectivity index (χ4v) is 1.79. The molecule has 2 nitrogen and oxygen atoms in total. The van der Waals surface area contributed by atoms with Crippen LogP contribution in [0, 0.1) is 5.82 Å². The zero-order valence-electron chi connectivity index (χ0n) is 8.37. The molecule has 4 N–H and O–H groups in total. The van der Waals surface area contributed by atoms with E-state index >= 15 is 0 Å². The van der Waals surface area contributed by atoms with Crippen molar-refractivity contribution in [2.75, 3.05) is 11.5 Å². The Kier molecular flexibility index (Phi) is 2.83. The quantitative estimate of drug-likeness (QED) is 0.787. The summed E-state index contributed by atoms with van der Waals surface area (Å²) in [4.78, 5) is 0. The van der Waals surface area contributed by atoms with E-state index in [0.717, 1.165) is 5.56 Å². The molecular formula is C12H10BrFN2. The highest BCUT2D eigenvalue weighted by Crippen LogP contribution is 2.30. The maximum absolute atomic E-state index is 13.7. The number of nitrogens with two attached hydrogens (primary N) is 2. The van der Waals surface area contributed by atoms with Crippen LogP contribution in [-0.2, 0) is 0 Å². The zero-order chi connectivity index (χ0) is 11.7. The highest BCUT2D eigenvalue weighted by atomic mass is 79.9. The number of nitrogen functional groups attached to an aromatic ring is 2. The highest BCUT2D eigenvalue weighted by Gasteiger charge is 2.08. The molecule has 0 fully saturated rings. The van der Waals surface area contributed by atoms with Crippen LogP contribution in [0.15, 0.2) is 40.9 Å². The molecule has 82 valence electrons. The van der Waals surface area contributed by atoms with Gasteiger partial charge in [-0.1, -0.05) is 12.1 Å². The smallest absolute Gasteiger partial charge is 0.133 e. The van der Waals surface area contributed by atoms with Crippen LogP contribution in [0.5, 0.6) is 0 Å². The van der Waals surface area contributed by atoms with Crippen LogP contribution < -0.4 is 11.5 Å². The summed E-state index contributed by atoms with van der Waals surface area (Å²) >= 11 is 3.28. The predicted octanol–water partition coefficient (Wildman–Crippen LogP) is 3.42. The van der Waals surface area contributed by atoms with Crippen LogP contribution in [-0.4, -0.2) is 0 Å². The van der Waals surface area contributed by atoms with E-state index in [9.17, 15) is 4.39 Å². The summed E-state index contributed by atoms with van der Waals surface area (Å²) in [6, 6.07) is 9.98. The normalized spacial score (nSPS) is 10.4. The summed E-state index contributed by atoms with van der Waals surface area (Å²) in [6.45, 7) is 0. The van der Waals surface area contributed by atoms with Crippen molar-refractivity contribution in [1.29, 1.82) is 0 Å². The van der Waals surface area contributed by atoms with Crippen molar-refractivity contribution >= 4 is 27.3 Å². The SMILES string of the molecule is Nc1ccc(-c2cc(Br)c(N)cc2F)cc1. The van der Waals surface area contributed by atoms with Crippen LogP contribution in [0.25, 0.3) is 11.1 Å². The Balaban J connectivity index is 2.56. The molecular weight excluding hydrogens is 271 g/mol. The number of benzene rings is 2. The molecule has 0 aromatic heterocycles. The number of hydrogen-bond donors (Lipinski definition) is 2. The zero-order valence-corrected chi connectivity index (χ0v) is 9.96. The summed E-state index contributed by atoms with van der Waals surface area (Å²) in [5.74, 6) is -0.342. The van der Waals surface area contributed by atoms with E-state index in [1.165, 1.54) is 6.07 Å². The van der Waals surface area contributed by atoms with Gasteiger partial charge < -0.3 is 11.5 Å². The molecule has 2 rings (SSSR count). The first-order chi connectivity index (χ1) is 7.58. The Hall–Kier alpha value is -1.55. The van der Waals surface area contributed by atoms with Crippen LogP contribution in [0.3, 0.4) is 0 Å². The summed E-state index contributed by atoms with van der Waals surface area (Å²) < 4.78 is 14.4. The van der Waals surface area contributed by atoms with Gasteiger partial charge in [0, 0.05) is 21.4 Å². The Bertz CT molecular complexity index is 523. The van der Waals surface area contributed by atoms with Gasteiger partial charge in [0.25, 0.3) is 0 Å². The van der Waals surface area contributed by atoms with Gasteiger partial charge in [-0.3, -0.25) is 0 Å². The molecule has 16 heavy (non-hydrogen) atoms. The maximum atomic E-state index is 13.7. The predicted molar refractivity (Wildman–Crippen MR) is 68.4 cm³/mol. The molecule has 0 aliphatic heterocycles. The van der Waals surface area contributed by atoms with E-state index in [2.05, 4.69) is 15.9 Å². The molecule has 0 aliphatic rings. The summed E-state index contributed by atoms with van der Waals surface area (Å²) in [5.41, 5.74) is 13.5. The second-order valence-electron chi connectivity index (χ2n) is 3.48. The van der Waals surface area contributed by atoms with Crippen molar-refractivity contribution in [3.63, 3.8) is 0 Å². The van der Waals surface area contributed by atoms with E-state index < -0.39 is 0 Å². The number of hydrogen-bond acceptors (Lipinski definition) is 2. The largest absolute Gasteiger partial charge is 0.399 e. The monoisotopic (exact) mass is 280 g/mol. The van der Waals surface area contributed by atoms with Crippen molar-refractivity contribution in [2.24, 2.45) is 0 Å². The van der Waals surface area contributed by atoms with E-state index in [4.69, 9.17) is 11.5 Å². The number of anilines is 2. The molecule has 0 amide bonds. The van der Waals surface area contributed by atoms with Crippen LogP contribution in [0.2, 0.25) is 0 Å². The molecule has 0 heterocycles. The number of rotatable bonds is 1. The first kappa shape index (κ1) is 11.0. The first-order valence-electron chi connectivity index (χ1n) is 4.68. The van der Waals surface area contributed by atoms with Gasteiger partial charge in [-0.25, -0.2) is 4.39 Å². The topological polar surface area (TPSA) is 52.0 Å². The highest BCUT2D eigenvalue weighted by molar-refractivity contribution is 9.10.